The molecule has 156 valence electrons. The normalized spacial score (nSPS) is 20.8. The number of aliphatic imine (C=N–C) groups is 1. The van der Waals surface area contributed by atoms with Crippen molar-refractivity contribution in [2.75, 3.05) is 20.1 Å². The summed E-state index contributed by atoms with van der Waals surface area (Å²) in [4.78, 5) is 19.1. The Kier molecular flexibility index (Phi) is 6.97. The number of carbonyl (C=O) groups excluding carboxylic acids is 1. The fraction of sp³-hybridized carbons (Fsp3) is 0.762. The molecule has 0 bridgehead atoms. The van der Waals surface area contributed by atoms with Gasteiger partial charge in [0.2, 0.25) is 5.91 Å². The van der Waals surface area contributed by atoms with Crippen molar-refractivity contribution < 1.29 is 4.79 Å². The second kappa shape index (κ2) is 9.43. The molecule has 1 aliphatic heterocycles. The van der Waals surface area contributed by atoms with Crippen molar-refractivity contribution in [2.24, 2.45) is 18.0 Å². The van der Waals surface area contributed by atoms with Gasteiger partial charge in [0.15, 0.2) is 5.96 Å². The van der Waals surface area contributed by atoms with Crippen LogP contribution in [0.3, 0.4) is 0 Å². The molecule has 0 aromatic carbocycles. The Balaban J connectivity index is 1.54. The van der Waals surface area contributed by atoms with Crippen LogP contribution in [-0.4, -0.2) is 52.7 Å². The van der Waals surface area contributed by atoms with E-state index in [4.69, 9.17) is 0 Å². The third-order valence-electron chi connectivity index (χ3n) is 6.23. The molecule has 1 aliphatic carbocycles. The second-order valence-electron chi connectivity index (χ2n) is 8.02. The van der Waals surface area contributed by atoms with Gasteiger partial charge in [-0.3, -0.25) is 14.5 Å². The largest absolute Gasteiger partial charge is 0.352 e. The van der Waals surface area contributed by atoms with E-state index in [9.17, 15) is 4.79 Å². The van der Waals surface area contributed by atoms with Crippen LogP contribution >= 0.6 is 0 Å². The molecule has 1 saturated heterocycles. The minimum absolute atomic E-state index is 0.265. The fourth-order valence-electron chi connectivity index (χ4n) is 4.66. The lowest BCUT2D eigenvalue weighted by Gasteiger charge is -2.21. The summed E-state index contributed by atoms with van der Waals surface area (Å²) in [6.45, 7) is 6.67. The summed E-state index contributed by atoms with van der Waals surface area (Å²) >= 11 is 0. The molecule has 3 rings (SSSR count). The first-order valence-corrected chi connectivity index (χ1v) is 10.9. The van der Waals surface area contributed by atoms with E-state index in [0.29, 0.717) is 5.91 Å². The Hall–Kier alpha value is -2.05. The van der Waals surface area contributed by atoms with Gasteiger partial charge in [0.05, 0.1) is 5.69 Å². The molecule has 1 aromatic rings. The van der Waals surface area contributed by atoms with Crippen LogP contribution in [0.25, 0.3) is 0 Å². The van der Waals surface area contributed by atoms with Crippen molar-refractivity contribution in [1.29, 1.82) is 0 Å². The third kappa shape index (κ3) is 4.50. The first-order valence-electron chi connectivity index (χ1n) is 10.9. The lowest BCUT2D eigenvalue weighted by molar-refractivity contribution is -0.134. The highest BCUT2D eigenvalue weighted by molar-refractivity contribution is 5.81. The summed E-state index contributed by atoms with van der Waals surface area (Å²) in [6.07, 6.45) is 7.42. The first kappa shape index (κ1) is 20.7. The summed E-state index contributed by atoms with van der Waals surface area (Å²) in [5.74, 6) is 1.43. The molecular weight excluding hydrogens is 352 g/mol. The number of rotatable bonds is 6. The molecule has 1 atom stereocenters. The smallest absolute Gasteiger partial charge is 0.225 e. The Morgan fingerprint density at radius 3 is 2.61 bits per heavy atom. The standard InChI is InChI=1S/C21H36N6O/c1-5-18-17(19(6-2)26(4)25-18)13-23-21(22-3)24-16-11-12-27(14-16)20(28)15-9-7-8-10-15/h15-16H,5-14H2,1-4H3,(H2,22,23,24). The van der Waals surface area contributed by atoms with Crippen LogP contribution in [0, 0.1) is 5.92 Å². The number of hydrogen-bond donors (Lipinski definition) is 2. The topological polar surface area (TPSA) is 74.6 Å². The summed E-state index contributed by atoms with van der Waals surface area (Å²) in [6, 6.07) is 0.266. The van der Waals surface area contributed by atoms with Gasteiger partial charge in [-0.15, -0.1) is 0 Å². The highest BCUT2D eigenvalue weighted by Crippen LogP contribution is 2.27. The van der Waals surface area contributed by atoms with Crippen molar-refractivity contribution in [3.8, 4) is 0 Å². The van der Waals surface area contributed by atoms with E-state index in [2.05, 4.69) is 34.6 Å². The fourth-order valence-corrected chi connectivity index (χ4v) is 4.66. The number of likely N-dealkylation sites (tertiary alicyclic amines) is 1. The maximum absolute atomic E-state index is 12.6. The Morgan fingerprint density at radius 1 is 1.21 bits per heavy atom. The average molecular weight is 389 g/mol. The number of guanidine groups is 1. The molecule has 1 unspecified atom stereocenters. The minimum atomic E-state index is 0.265. The molecule has 0 spiro atoms. The summed E-state index contributed by atoms with van der Waals surface area (Å²) in [7, 11) is 3.82. The van der Waals surface area contributed by atoms with Crippen molar-refractivity contribution in [1.82, 2.24) is 25.3 Å². The van der Waals surface area contributed by atoms with Crippen LogP contribution < -0.4 is 10.6 Å². The zero-order valence-corrected chi connectivity index (χ0v) is 17.9. The number of aromatic nitrogens is 2. The Labute approximate surface area is 169 Å². The maximum Gasteiger partial charge on any atom is 0.225 e. The predicted molar refractivity (Wildman–Crippen MR) is 112 cm³/mol. The molecule has 2 N–H and O–H groups in total. The lowest BCUT2D eigenvalue weighted by atomic mass is 10.1. The van der Waals surface area contributed by atoms with Crippen LogP contribution in [0.2, 0.25) is 0 Å². The zero-order valence-electron chi connectivity index (χ0n) is 17.9. The van der Waals surface area contributed by atoms with Gasteiger partial charge in [-0.05, 0) is 32.1 Å². The Bertz CT molecular complexity index is 704. The van der Waals surface area contributed by atoms with Crippen molar-refractivity contribution >= 4 is 11.9 Å². The number of amides is 1. The van der Waals surface area contributed by atoms with Crippen molar-refractivity contribution in [2.45, 2.75) is 71.4 Å². The number of aryl methyl sites for hydroxylation is 2. The quantitative estimate of drug-likeness (QED) is 0.577. The second-order valence-corrected chi connectivity index (χ2v) is 8.02. The molecule has 28 heavy (non-hydrogen) atoms. The molecule has 2 fully saturated rings. The summed E-state index contributed by atoms with van der Waals surface area (Å²) in [5, 5.41) is 11.6. The van der Waals surface area contributed by atoms with Gasteiger partial charge >= 0.3 is 0 Å². The van der Waals surface area contributed by atoms with Gasteiger partial charge in [0.1, 0.15) is 0 Å². The van der Waals surface area contributed by atoms with E-state index < -0.39 is 0 Å². The number of hydrogen-bond acceptors (Lipinski definition) is 3. The molecule has 1 aromatic heterocycles. The zero-order chi connectivity index (χ0) is 20.1. The van der Waals surface area contributed by atoms with Gasteiger partial charge in [0.25, 0.3) is 0 Å². The lowest BCUT2D eigenvalue weighted by Crippen LogP contribution is -2.45. The van der Waals surface area contributed by atoms with Crippen molar-refractivity contribution in [3.63, 3.8) is 0 Å². The van der Waals surface area contributed by atoms with Gasteiger partial charge < -0.3 is 15.5 Å². The minimum Gasteiger partial charge on any atom is -0.352 e. The number of nitrogens with zero attached hydrogens (tertiary/aromatic N) is 4. The number of nitrogens with one attached hydrogen (secondary N) is 2. The molecule has 1 amide bonds. The Morgan fingerprint density at radius 2 is 1.96 bits per heavy atom. The van der Waals surface area contributed by atoms with Crippen LogP contribution in [-0.2, 0) is 31.2 Å². The van der Waals surface area contributed by atoms with Gasteiger partial charge in [-0.25, -0.2) is 0 Å². The van der Waals surface area contributed by atoms with E-state index in [1.165, 1.54) is 24.1 Å². The monoisotopic (exact) mass is 388 g/mol. The van der Waals surface area contributed by atoms with Gasteiger partial charge in [-0.2, -0.15) is 5.10 Å². The highest BCUT2D eigenvalue weighted by atomic mass is 16.2. The van der Waals surface area contributed by atoms with Crippen molar-refractivity contribution in [3.05, 3.63) is 17.0 Å². The van der Waals surface area contributed by atoms with Crippen LogP contribution in [0.15, 0.2) is 4.99 Å². The number of carbonyl (C=O) groups is 1. The van der Waals surface area contributed by atoms with Gasteiger partial charge in [-0.1, -0.05) is 26.7 Å². The average Bonchev–Trinajstić information content (AvgIpc) is 3.44. The molecule has 7 heteroatoms. The van der Waals surface area contributed by atoms with Gasteiger partial charge in [0, 0.05) is 56.9 Å². The molecule has 1 saturated carbocycles. The van der Waals surface area contributed by atoms with E-state index >= 15 is 0 Å². The third-order valence-corrected chi connectivity index (χ3v) is 6.23. The molecular formula is C21H36N6O. The van der Waals surface area contributed by atoms with Crippen LogP contribution in [0.1, 0.15) is 62.9 Å². The highest BCUT2D eigenvalue weighted by Gasteiger charge is 2.32. The predicted octanol–water partition coefficient (Wildman–Crippen LogP) is 2.00. The first-order chi connectivity index (χ1) is 13.6. The molecule has 0 radical (unpaired) electrons. The maximum atomic E-state index is 12.6. The van der Waals surface area contributed by atoms with Crippen LogP contribution in [0.4, 0.5) is 0 Å². The van der Waals surface area contributed by atoms with E-state index in [1.54, 1.807) is 7.05 Å². The molecule has 2 aliphatic rings. The summed E-state index contributed by atoms with van der Waals surface area (Å²) in [5.41, 5.74) is 3.70. The summed E-state index contributed by atoms with van der Waals surface area (Å²) < 4.78 is 2.00. The van der Waals surface area contributed by atoms with E-state index in [1.807, 2.05) is 16.6 Å². The van der Waals surface area contributed by atoms with E-state index in [0.717, 1.165) is 63.4 Å². The molecule has 7 nitrogen and oxygen atoms in total. The van der Waals surface area contributed by atoms with E-state index in [-0.39, 0.29) is 12.0 Å². The molecule has 2 heterocycles. The van der Waals surface area contributed by atoms with Crippen LogP contribution in [0.5, 0.6) is 0 Å². The SMILES string of the molecule is CCc1nn(C)c(CC)c1CNC(=NC)NC1CCN(C(=O)C2CCCC2)C1.